The zero-order valence-electron chi connectivity index (χ0n) is 18.6. The molecule has 0 bridgehead atoms. The molecule has 2 fully saturated rings. The largest absolute Gasteiger partial charge is 0.477 e. The van der Waals surface area contributed by atoms with E-state index < -0.39 is 22.8 Å². The monoisotopic (exact) mass is 521 g/mol. The lowest BCUT2D eigenvalue weighted by molar-refractivity contribution is -0.122. The van der Waals surface area contributed by atoms with Crippen molar-refractivity contribution in [3.8, 4) is 0 Å². The second-order valence-electron chi connectivity index (χ2n) is 8.54. The summed E-state index contributed by atoms with van der Waals surface area (Å²) in [6, 6.07) is 0.822. The molecule has 5 rings (SSSR count). The van der Waals surface area contributed by atoms with E-state index in [-0.39, 0.29) is 40.6 Å². The summed E-state index contributed by atoms with van der Waals surface area (Å²) in [5.41, 5.74) is -0.719. The molecule has 184 valence electrons. The SMILES string of the molecule is CSc1nnn(CC(=O)NC2CCN(c3c(F)cc4c(=O)c(C(=O)O)cn(C5CC5)c4c3Cl)C2)n1. The summed E-state index contributed by atoms with van der Waals surface area (Å²) in [5.74, 6) is -2.38. The molecule has 35 heavy (non-hydrogen) atoms. The fourth-order valence-corrected chi connectivity index (χ4v) is 5.08. The van der Waals surface area contributed by atoms with Crippen LogP contribution in [0.4, 0.5) is 10.1 Å². The maximum absolute atomic E-state index is 15.3. The van der Waals surface area contributed by atoms with Crippen molar-refractivity contribution in [2.75, 3.05) is 24.2 Å². The van der Waals surface area contributed by atoms with E-state index >= 15 is 4.39 Å². The molecule has 1 saturated carbocycles. The Labute approximate surface area is 207 Å². The Bertz CT molecular complexity index is 1410. The predicted octanol–water partition coefficient (Wildman–Crippen LogP) is 1.93. The zero-order chi connectivity index (χ0) is 24.9. The number of halogens is 2. The van der Waals surface area contributed by atoms with E-state index in [1.54, 1.807) is 15.7 Å². The predicted molar refractivity (Wildman–Crippen MR) is 127 cm³/mol. The highest BCUT2D eigenvalue weighted by Crippen LogP contribution is 2.42. The second kappa shape index (κ2) is 9.11. The normalized spacial score (nSPS) is 17.8. The Balaban J connectivity index is 1.40. The van der Waals surface area contributed by atoms with Gasteiger partial charge in [0.05, 0.1) is 21.6 Å². The number of anilines is 1. The molecule has 3 heterocycles. The molecule has 14 heteroatoms. The fraction of sp³-hybridized carbons (Fsp3) is 0.429. The molecule has 0 radical (unpaired) electrons. The maximum atomic E-state index is 15.3. The van der Waals surface area contributed by atoms with Gasteiger partial charge in [-0.1, -0.05) is 23.4 Å². The Morgan fingerprint density at radius 1 is 1.34 bits per heavy atom. The minimum Gasteiger partial charge on any atom is -0.477 e. The van der Waals surface area contributed by atoms with Crippen LogP contribution in [0.15, 0.2) is 22.2 Å². The summed E-state index contributed by atoms with van der Waals surface area (Å²) in [4.78, 5) is 39.7. The highest BCUT2D eigenvalue weighted by molar-refractivity contribution is 7.98. The summed E-state index contributed by atoms with van der Waals surface area (Å²) in [6.07, 6.45) is 5.30. The number of fused-ring (bicyclic) bond motifs is 1. The van der Waals surface area contributed by atoms with Gasteiger partial charge in [-0.3, -0.25) is 9.59 Å². The van der Waals surface area contributed by atoms with Crippen molar-refractivity contribution in [2.45, 2.75) is 43.0 Å². The van der Waals surface area contributed by atoms with Crippen LogP contribution in [0.5, 0.6) is 0 Å². The molecular formula is C21H21ClFN7O4S. The van der Waals surface area contributed by atoms with Gasteiger partial charge in [0.2, 0.25) is 16.5 Å². The molecule has 1 aromatic carbocycles. The first kappa shape index (κ1) is 23.5. The minimum atomic E-state index is -1.37. The number of carboxylic acids is 1. The number of pyridine rings is 1. The van der Waals surface area contributed by atoms with E-state index in [0.29, 0.717) is 30.2 Å². The van der Waals surface area contributed by atoms with Gasteiger partial charge in [0.1, 0.15) is 17.9 Å². The zero-order valence-corrected chi connectivity index (χ0v) is 20.1. The van der Waals surface area contributed by atoms with Gasteiger partial charge in [-0.05, 0) is 36.8 Å². The second-order valence-corrected chi connectivity index (χ2v) is 9.69. The summed E-state index contributed by atoms with van der Waals surface area (Å²) in [7, 11) is 0. The van der Waals surface area contributed by atoms with Gasteiger partial charge < -0.3 is 19.9 Å². The molecule has 1 unspecified atom stereocenters. The van der Waals surface area contributed by atoms with Crippen LogP contribution in [0.2, 0.25) is 5.02 Å². The fourth-order valence-electron chi connectivity index (χ4n) is 4.37. The summed E-state index contributed by atoms with van der Waals surface area (Å²) >= 11 is 8.00. The number of hydrogen-bond acceptors (Lipinski definition) is 8. The van der Waals surface area contributed by atoms with E-state index in [2.05, 4.69) is 20.7 Å². The summed E-state index contributed by atoms with van der Waals surface area (Å²) < 4.78 is 16.9. The standard InChI is InChI=1S/C21H21ClFN7O4S/c1-35-21-25-27-30(26-21)9-15(31)24-10-4-5-28(7-10)18-14(23)6-12-17(16(18)22)29(11-2-3-11)8-13(19(12)32)20(33)34/h6,8,10-11H,2-5,7,9H2,1H3,(H,24,31)(H,33,34). The number of aromatic nitrogens is 5. The van der Waals surface area contributed by atoms with Crippen LogP contribution >= 0.6 is 23.4 Å². The summed E-state index contributed by atoms with van der Waals surface area (Å²) in [5, 5.41) is 24.5. The van der Waals surface area contributed by atoms with Gasteiger partial charge in [0.15, 0.2) is 0 Å². The van der Waals surface area contributed by atoms with Crippen LogP contribution in [-0.2, 0) is 11.3 Å². The van der Waals surface area contributed by atoms with Crippen molar-refractivity contribution >= 4 is 51.8 Å². The van der Waals surface area contributed by atoms with Crippen LogP contribution in [-0.4, -0.2) is 67.1 Å². The molecule has 2 aromatic heterocycles. The number of carboxylic acid groups (broad SMARTS) is 1. The number of rotatable bonds is 7. The number of benzene rings is 1. The van der Waals surface area contributed by atoms with E-state index in [0.717, 1.165) is 18.9 Å². The molecule has 0 spiro atoms. The van der Waals surface area contributed by atoms with Crippen molar-refractivity contribution in [1.29, 1.82) is 0 Å². The molecule has 1 aliphatic carbocycles. The number of thioether (sulfide) groups is 1. The van der Waals surface area contributed by atoms with Gasteiger partial charge in [-0.25, -0.2) is 9.18 Å². The van der Waals surface area contributed by atoms with Gasteiger partial charge >= 0.3 is 5.97 Å². The lowest BCUT2D eigenvalue weighted by Gasteiger charge is -2.23. The third kappa shape index (κ3) is 4.45. The Hall–Kier alpha value is -3.19. The van der Waals surface area contributed by atoms with Crippen molar-refractivity contribution in [2.24, 2.45) is 0 Å². The van der Waals surface area contributed by atoms with Crippen LogP contribution in [0, 0.1) is 5.82 Å². The van der Waals surface area contributed by atoms with Crippen LogP contribution < -0.4 is 15.6 Å². The lowest BCUT2D eigenvalue weighted by atomic mass is 10.1. The molecule has 3 aromatic rings. The number of nitrogens with zero attached hydrogens (tertiary/aromatic N) is 6. The first-order chi connectivity index (χ1) is 16.8. The third-order valence-electron chi connectivity index (χ3n) is 6.13. The molecule has 1 atom stereocenters. The van der Waals surface area contributed by atoms with Crippen molar-refractivity contribution in [1.82, 2.24) is 30.1 Å². The maximum Gasteiger partial charge on any atom is 0.341 e. The van der Waals surface area contributed by atoms with E-state index in [1.807, 2.05) is 0 Å². The average Bonchev–Trinajstić information content (AvgIpc) is 3.39. The van der Waals surface area contributed by atoms with Gasteiger partial charge in [0, 0.05) is 31.4 Å². The van der Waals surface area contributed by atoms with Crippen LogP contribution in [0.1, 0.15) is 35.7 Å². The first-order valence-electron chi connectivity index (χ1n) is 10.9. The van der Waals surface area contributed by atoms with Crippen LogP contribution in [0.3, 0.4) is 0 Å². The van der Waals surface area contributed by atoms with E-state index in [4.69, 9.17) is 11.6 Å². The molecule has 1 amide bonds. The van der Waals surface area contributed by atoms with Gasteiger partial charge in [-0.2, -0.15) is 4.80 Å². The van der Waals surface area contributed by atoms with Crippen molar-refractivity contribution in [3.05, 3.63) is 38.9 Å². The quantitative estimate of drug-likeness (QED) is 0.447. The third-order valence-corrected chi connectivity index (χ3v) is 7.01. The Morgan fingerprint density at radius 2 is 2.11 bits per heavy atom. The lowest BCUT2D eigenvalue weighted by Crippen LogP contribution is -2.39. The minimum absolute atomic E-state index is 0.00893. The summed E-state index contributed by atoms with van der Waals surface area (Å²) in [6.45, 7) is 0.663. The molecular weight excluding hydrogens is 501 g/mol. The average molecular weight is 522 g/mol. The number of hydrogen-bond donors (Lipinski definition) is 2. The first-order valence-corrected chi connectivity index (χ1v) is 12.5. The molecule has 2 aliphatic rings. The number of amides is 1. The van der Waals surface area contributed by atoms with E-state index in [1.165, 1.54) is 22.8 Å². The highest BCUT2D eigenvalue weighted by Gasteiger charge is 2.32. The van der Waals surface area contributed by atoms with Crippen molar-refractivity contribution in [3.63, 3.8) is 0 Å². The van der Waals surface area contributed by atoms with Gasteiger partial charge in [-0.15, -0.1) is 10.2 Å². The molecule has 1 aliphatic heterocycles. The number of nitrogens with one attached hydrogen (secondary N) is 1. The molecule has 11 nitrogen and oxygen atoms in total. The smallest absolute Gasteiger partial charge is 0.341 e. The molecule has 2 N–H and O–H groups in total. The number of aromatic carboxylic acids is 1. The van der Waals surface area contributed by atoms with Crippen LogP contribution in [0.25, 0.3) is 10.9 Å². The number of tetrazole rings is 1. The number of carbonyl (C=O) groups is 2. The Kier molecular flexibility index (Phi) is 6.13. The number of carbonyl (C=O) groups excluding carboxylic acids is 1. The Morgan fingerprint density at radius 3 is 2.77 bits per heavy atom. The topological polar surface area (TPSA) is 135 Å². The van der Waals surface area contributed by atoms with E-state index in [9.17, 15) is 19.5 Å². The molecule has 1 saturated heterocycles. The van der Waals surface area contributed by atoms with Crippen molar-refractivity contribution < 1.29 is 19.1 Å². The van der Waals surface area contributed by atoms with Gasteiger partial charge in [0.25, 0.3) is 0 Å². The highest BCUT2D eigenvalue weighted by atomic mass is 35.5.